The number of hydrogen-bond acceptors (Lipinski definition) is 2. The first kappa shape index (κ1) is 11.6. The Hall–Kier alpha value is -0.860. The number of aldehydes is 1. The lowest BCUT2D eigenvalue weighted by Gasteiger charge is -2.17. The quantitative estimate of drug-likeness (QED) is 0.802. The zero-order chi connectivity index (χ0) is 11.8. The number of rotatable bonds is 2. The fourth-order valence-electron chi connectivity index (χ4n) is 2.45. The van der Waals surface area contributed by atoms with Crippen LogP contribution in [0.15, 0.2) is 24.3 Å². The van der Waals surface area contributed by atoms with Crippen LogP contribution in [0, 0.1) is 0 Å². The van der Waals surface area contributed by atoms with Gasteiger partial charge in [0.25, 0.3) is 0 Å². The minimum absolute atomic E-state index is 0.0237. The molecule has 2 nitrogen and oxygen atoms in total. The molecular formula is C13H16ClNO. The van der Waals surface area contributed by atoms with Crippen LogP contribution in [0.3, 0.4) is 0 Å². The fourth-order valence-corrected chi connectivity index (χ4v) is 2.58. The number of nitrogens with one attached hydrogen (secondary N) is 1. The Balaban J connectivity index is 2.26. The van der Waals surface area contributed by atoms with Crippen molar-refractivity contribution >= 4 is 17.9 Å². The molecule has 2 atom stereocenters. The average Bonchev–Trinajstić information content (AvgIpc) is 2.55. The van der Waals surface area contributed by atoms with Gasteiger partial charge in [-0.05, 0) is 38.0 Å². The molecule has 1 aliphatic rings. The second-order valence-electron chi connectivity index (χ2n) is 5.05. The maximum Gasteiger partial charge on any atom is 0.137 e. The van der Waals surface area contributed by atoms with Crippen LogP contribution in [0.1, 0.15) is 31.7 Å². The highest BCUT2D eigenvalue weighted by Gasteiger charge is 2.38. The Morgan fingerprint density at radius 2 is 2.00 bits per heavy atom. The van der Waals surface area contributed by atoms with Gasteiger partial charge in [-0.1, -0.05) is 23.7 Å². The highest BCUT2D eigenvalue weighted by molar-refractivity contribution is 6.30. The number of carbonyl (C=O) groups is 1. The summed E-state index contributed by atoms with van der Waals surface area (Å²) in [6, 6.07) is 7.68. The minimum atomic E-state index is -0.0869. The van der Waals surface area contributed by atoms with E-state index in [0.29, 0.717) is 0 Å². The first-order chi connectivity index (χ1) is 7.52. The van der Waals surface area contributed by atoms with Crippen molar-refractivity contribution in [3.8, 4) is 0 Å². The third kappa shape index (κ3) is 2.28. The molecule has 2 unspecified atom stereocenters. The molecule has 0 aliphatic carbocycles. The molecule has 0 saturated carbocycles. The summed E-state index contributed by atoms with van der Waals surface area (Å²) in [6.07, 6.45) is 1.98. The van der Waals surface area contributed by atoms with E-state index in [1.807, 2.05) is 24.3 Å². The van der Waals surface area contributed by atoms with Crippen molar-refractivity contribution < 1.29 is 4.79 Å². The van der Waals surface area contributed by atoms with Gasteiger partial charge in [-0.15, -0.1) is 0 Å². The second kappa shape index (κ2) is 4.19. The van der Waals surface area contributed by atoms with E-state index in [0.717, 1.165) is 17.7 Å². The summed E-state index contributed by atoms with van der Waals surface area (Å²) in [7, 11) is 0. The van der Waals surface area contributed by atoms with Crippen LogP contribution in [0.2, 0.25) is 5.02 Å². The fraction of sp³-hybridized carbons (Fsp3) is 0.462. The number of benzene rings is 1. The van der Waals surface area contributed by atoms with Gasteiger partial charge in [0.05, 0.1) is 6.04 Å². The molecule has 1 aromatic carbocycles. The van der Waals surface area contributed by atoms with Crippen LogP contribution in [0.5, 0.6) is 0 Å². The monoisotopic (exact) mass is 237 g/mol. The van der Waals surface area contributed by atoms with E-state index in [1.165, 1.54) is 5.56 Å². The zero-order valence-electron chi connectivity index (χ0n) is 9.53. The molecule has 0 aromatic heterocycles. The van der Waals surface area contributed by atoms with Crippen molar-refractivity contribution in [3.05, 3.63) is 34.9 Å². The highest BCUT2D eigenvalue weighted by Crippen LogP contribution is 2.35. The van der Waals surface area contributed by atoms with Crippen molar-refractivity contribution in [1.29, 1.82) is 0 Å². The molecule has 1 heterocycles. The maximum absolute atomic E-state index is 11.1. The van der Waals surface area contributed by atoms with Crippen LogP contribution in [0.25, 0.3) is 0 Å². The lowest BCUT2D eigenvalue weighted by atomic mass is 9.88. The van der Waals surface area contributed by atoms with Crippen LogP contribution >= 0.6 is 11.6 Å². The van der Waals surface area contributed by atoms with Crippen molar-refractivity contribution in [2.75, 3.05) is 0 Å². The van der Waals surface area contributed by atoms with Gasteiger partial charge in [-0.2, -0.15) is 0 Å². The lowest BCUT2D eigenvalue weighted by Crippen LogP contribution is -2.38. The summed E-state index contributed by atoms with van der Waals surface area (Å²) < 4.78 is 0. The Morgan fingerprint density at radius 1 is 1.38 bits per heavy atom. The Kier molecular flexibility index (Phi) is 3.04. The van der Waals surface area contributed by atoms with Gasteiger partial charge in [-0.25, -0.2) is 0 Å². The molecule has 1 aromatic rings. The smallest absolute Gasteiger partial charge is 0.137 e. The van der Waals surface area contributed by atoms with E-state index in [4.69, 9.17) is 11.6 Å². The van der Waals surface area contributed by atoms with Crippen LogP contribution < -0.4 is 5.32 Å². The Morgan fingerprint density at radius 3 is 2.56 bits per heavy atom. The topological polar surface area (TPSA) is 29.1 Å². The predicted octanol–water partition coefficient (Wildman–Crippen LogP) is 2.76. The van der Waals surface area contributed by atoms with E-state index in [2.05, 4.69) is 19.2 Å². The van der Waals surface area contributed by atoms with Crippen LogP contribution in [-0.4, -0.2) is 17.9 Å². The first-order valence-corrected chi connectivity index (χ1v) is 5.88. The summed E-state index contributed by atoms with van der Waals surface area (Å²) >= 11 is 5.86. The Labute approximate surface area is 101 Å². The molecule has 3 heteroatoms. The maximum atomic E-state index is 11.1. The van der Waals surface area contributed by atoms with Crippen LogP contribution in [-0.2, 0) is 4.79 Å². The molecule has 1 aliphatic heterocycles. The molecule has 1 fully saturated rings. The first-order valence-electron chi connectivity index (χ1n) is 5.50. The van der Waals surface area contributed by atoms with Gasteiger partial charge >= 0.3 is 0 Å². The third-order valence-corrected chi connectivity index (χ3v) is 3.42. The molecule has 0 bridgehead atoms. The van der Waals surface area contributed by atoms with Gasteiger partial charge in [-0.3, -0.25) is 0 Å². The molecule has 1 N–H and O–H groups in total. The van der Waals surface area contributed by atoms with Gasteiger partial charge < -0.3 is 10.1 Å². The van der Waals surface area contributed by atoms with E-state index >= 15 is 0 Å². The van der Waals surface area contributed by atoms with Crippen molar-refractivity contribution in [2.45, 2.75) is 37.8 Å². The summed E-state index contributed by atoms with van der Waals surface area (Å²) in [4.78, 5) is 11.1. The van der Waals surface area contributed by atoms with Gasteiger partial charge in [0.2, 0.25) is 0 Å². The lowest BCUT2D eigenvalue weighted by molar-refractivity contribution is -0.109. The largest absolute Gasteiger partial charge is 0.302 e. The molecular weight excluding hydrogens is 222 g/mol. The molecule has 16 heavy (non-hydrogen) atoms. The standard InChI is InChI=1S/C13H16ClNO/c1-13(2)7-11(12(8-16)15-13)9-3-5-10(14)6-4-9/h3-6,8,11-12,15H,7H2,1-2H3. The van der Waals surface area contributed by atoms with E-state index < -0.39 is 0 Å². The summed E-state index contributed by atoms with van der Waals surface area (Å²) in [5.41, 5.74) is 1.20. The van der Waals surface area contributed by atoms with E-state index in [-0.39, 0.29) is 17.5 Å². The van der Waals surface area contributed by atoms with Crippen molar-refractivity contribution in [2.24, 2.45) is 0 Å². The normalized spacial score (nSPS) is 27.9. The average molecular weight is 238 g/mol. The van der Waals surface area contributed by atoms with E-state index in [1.54, 1.807) is 0 Å². The molecule has 1 saturated heterocycles. The summed E-state index contributed by atoms with van der Waals surface area (Å²) in [5, 5.41) is 4.07. The highest BCUT2D eigenvalue weighted by atomic mass is 35.5. The zero-order valence-corrected chi connectivity index (χ0v) is 10.3. The summed E-state index contributed by atoms with van der Waals surface area (Å²) in [6.45, 7) is 4.25. The predicted molar refractivity (Wildman–Crippen MR) is 65.9 cm³/mol. The van der Waals surface area contributed by atoms with E-state index in [9.17, 15) is 4.79 Å². The number of hydrogen-bond donors (Lipinski definition) is 1. The SMILES string of the molecule is CC1(C)CC(c2ccc(Cl)cc2)C(C=O)N1. The number of halogens is 1. The van der Waals surface area contributed by atoms with Crippen molar-refractivity contribution in [1.82, 2.24) is 5.32 Å². The molecule has 0 amide bonds. The van der Waals surface area contributed by atoms with Gasteiger partial charge in [0.15, 0.2) is 0 Å². The summed E-state index contributed by atoms with van der Waals surface area (Å²) in [5.74, 6) is 0.254. The second-order valence-corrected chi connectivity index (χ2v) is 5.49. The molecule has 86 valence electrons. The van der Waals surface area contributed by atoms with Crippen molar-refractivity contribution in [3.63, 3.8) is 0 Å². The van der Waals surface area contributed by atoms with Gasteiger partial charge in [0, 0.05) is 16.5 Å². The molecule has 2 rings (SSSR count). The Bertz CT molecular complexity index is 385. The third-order valence-electron chi connectivity index (χ3n) is 3.17. The van der Waals surface area contributed by atoms with Gasteiger partial charge in [0.1, 0.15) is 6.29 Å². The molecule has 0 spiro atoms. The minimum Gasteiger partial charge on any atom is -0.302 e. The molecule has 0 radical (unpaired) electrons. The van der Waals surface area contributed by atoms with Crippen LogP contribution in [0.4, 0.5) is 0 Å². The number of carbonyl (C=O) groups excluding carboxylic acids is 1.